The first-order chi connectivity index (χ1) is 7.31. The van der Waals surface area contributed by atoms with E-state index in [9.17, 15) is 0 Å². The highest BCUT2D eigenvalue weighted by atomic mass is 28.3. The first-order valence-electron chi connectivity index (χ1n) is 5.33. The molecule has 0 aliphatic rings. The second-order valence-corrected chi connectivity index (χ2v) is 5.19. The van der Waals surface area contributed by atoms with Crippen molar-refractivity contribution >= 4 is 14.5 Å². The third kappa shape index (κ3) is 3.75. The Kier molecular flexibility index (Phi) is 5.56. The quantitative estimate of drug-likeness (QED) is 0.723. The lowest BCUT2D eigenvalue weighted by Gasteiger charge is -2.15. The summed E-state index contributed by atoms with van der Waals surface area (Å²) in [6.07, 6.45) is 0. The summed E-state index contributed by atoms with van der Waals surface area (Å²) >= 11 is 0. The Bertz CT molecular complexity index is 270. The van der Waals surface area contributed by atoms with Crippen LogP contribution in [0.2, 0.25) is 0 Å². The van der Waals surface area contributed by atoms with Gasteiger partial charge in [0.05, 0.1) is 0 Å². The fraction of sp³-hybridized carbons (Fsp3) is 0.455. The van der Waals surface area contributed by atoms with Crippen molar-refractivity contribution in [1.82, 2.24) is 0 Å². The molecule has 1 rings (SSSR count). The summed E-state index contributed by atoms with van der Waals surface area (Å²) in [5.41, 5.74) is 6.68. The van der Waals surface area contributed by atoms with Gasteiger partial charge in [0.2, 0.25) is 0 Å². The zero-order valence-corrected chi connectivity index (χ0v) is 10.6. The second kappa shape index (κ2) is 6.74. The zero-order chi connectivity index (χ0) is 11.1. The molecule has 0 amide bonds. The summed E-state index contributed by atoms with van der Waals surface area (Å²) in [4.78, 5) is 0. The van der Waals surface area contributed by atoms with Crippen LogP contribution >= 0.6 is 0 Å². The topological polar surface area (TPSA) is 44.5 Å². The molecule has 1 aromatic carbocycles. The molecule has 0 bridgehead atoms. The van der Waals surface area contributed by atoms with Gasteiger partial charge < -0.3 is 14.6 Å². The molecule has 0 atom stereocenters. The van der Waals surface area contributed by atoms with Crippen molar-refractivity contribution in [2.24, 2.45) is 5.73 Å². The van der Waals surface area contributed by atoms with Gasteiger partial charge in [-0.3, -0.25) is 0 Å². The summed E-state index contributed by atoms with van der Waals surface area (Å²) in [6.45, 7) is 5.97. The first kappa shape index (κ1) is 12.4. The van der Waals surface area contributed by atoms with Crippen LogP contribution in [0.4, 0.5) is 0 Å². The van der Waals surface area contributed by atoms with Crippen molar-refractivity contribution in [2.45, 2.75) is 20.4 Å². The van der Waals surface area contributed by atoms with Crippen LogP contribution in [0.1, 0.15) is 19.4 Å². The third-order valence-corrected chi connectivity index (χ3v) is 4.33. The van der Waals surface area contributed by atoms with Crippen molar-refractivity contribution in [3.05, 3.63) is 29.8 Å². The van der Waals surface area contributed by atoms with Crippen LogP contribution in [-0.2, 0) is 15.4 Å². The molecule has 15 heavy (non-hydrogen) atoms. The van der Waals surface area contributed by atoms with Gasteiger partial charge in [-0.15, -0.1) is 0 Å². The van der Waals surface area contributed by atoms with Crippen LogP contribution < -0.4 is 10.9 Å². The average molecular weight is 225 g/mol. The molecule has 3 nitrogen and oxygen atoms in total. The van der Waals surface area contributed by atoms with E-state index in [2.05, 4.69) is 12.1 Å². The van der Waals surface area contributed by atoms with E-state index in [1.807, 2.05) is 26.0 Å². The second-order valence-electron chi connectivity index (χ2n) is 3.19. The van der Waals surface area contributed by atoms with Crippen LogP contribution in [0.3, 0.4) is 0 Å². The molecule has 0 aromatic heterocycles. The SMILES string of the molecule is CCO[SiH](OCC)c1ccc(CN)cc1. The molecule has 0 unspecified atom stereocenters. The Labute approximate surface area is 93.0 Å². The fourth-order valence-corrected chi connectivity index (χ4v) is 2.95. The smallest absolute Gasteiger partial charge is 0.355 e. The van der Waals surface area contributed by atoms with E-state index < -0.39 is 9.28 Å². The minimum atomic E-state index is -1.66. The van der Waals surface area contributed by atoms with E-state index in [0.29, 0.717) is 19.8 Å². The Morgan fingerprint density at radius 2 is 1.60 bits per heavy atom. The van der Waals surface area contributed by atoms with Gasteiger partial charge in [-0.05, 0) is 24.6 Å². The van der Waals surface area contributed by atoms with E-state index in [1.54, 1.807) is 0 Å². The molecule has 0 saturated carbocycles. The molecule has 0 radical (unpaired) electrons. The Morgan fingerprint density at radius 3 is 2.00 bits per heavy atom. The van der Waals surface area contributed by atoms with Crippen LogP contribution in [0.15, 0.2) is 24.3 Å². The maximum Gasteiger partial charge on any atom is 0.355 e. The lowest BCUT2D eigenvalue weighted by molar-refractivity contribution is 0.225. The summed E-state index contributed by atoms with van der Waals surface area (Å²) in [5, 5.41) is 1.18. The van der Waals surface area contributed by atoms with E-state index in [-0.39, 0.29) is 0 Å². The Morgan fingerprint density at radius 1 is 1.07 bits per heavy atom. The van der Waals surface area contributed by atoms with Crippen molar-refractivity contribution in [2.75, 3.05) is 13.2 Å². The van der Waals surface area contributed by atoms with Crippen molar-refractivity contribution in [1.29, 1.82) is 0 Å². The number of hydrogen-bond acceptors (Lipinski definition) is 3. The predicted molar refractivity (Wildman–Crippen MR) is 64.4 cm³/mol. The molecule has 4 heteroatoms. The summed E-state index contributed by atoms with van der Waals surface area (Å²) < 4.78 is 11.3. The molecular weight excluding hydrogens is 206 g/mol. The molecule has 84 valence electrons. The maximum absolute atomic E-state index is 5.63. The zero-order valence-electron chi connectivity index (χ0n) is 9.40. The lowest BCUT2D eigenvalue weighted by Crippen LogP contribution is -2.37. The number of hydrogen-bond donors (Lipinski definition) is 1. The summed E-state index contributed by atoms with van der Waals surface area (Å²) in [5.74, 6) is 0. The van der Waals surface area contributed by atoms with Crippen molar-refractivity contribution < 1.29 is 8.85 Å². The van der Waals surface area contributed by atoms with Gasteiger partial charge in [0.25, 0.3) is 0 Å². The first-order valence-corrected chi connectivity index (χ1v) is 6.85. The minimum absolute atomic E-state index is 0.579. The molecule has 0 spiro atoms. The lowest BCUT2D eigenvalue weighted by atomic mass is 10.2. The van der Waals surface area contributed by atoms with Crippen LogP contribution in [0.25, 0.3) is 0 Å². The molecule has 2 N–H and O–H groups in total. The molecular formula is C11H19NO2Si. The van der Waals surface area contributed by atoms with Crippen molar-refractivity contribution in [3.8, 4) is 0 Å². The van der Waals surface area contributed by atoms with E-state index in [0.717, 1.165) is 5.56 Å². The van der Waals surface area contributed by atoms with Gasteiger partial charge >= 0.3 is 9.28 Å². The molecule has 0 heterocycles. The highest BCUT2D eigenvalue weighted by Crippen LogP contribution is 1.98. The molecule has 0 aliphatic heterocycles. The van der Waals surface area contributed by atoms with Gasteiger partial charge in [0, 0.05) is 19.8 Å². The standard InChI is InChI=1S/C11H19NO2Si/c1-3-13-15(14-4-2)11-7-5-10(9-12)6-8-11/h5-8,15H,3-4,9,12H2,1-2H3. The molecule has 0 aliphatic carbocycles. The van der Waals surface area contributed by atoms with Gasteiger partial charge in [-0.25, -0.2) is 0 Å². The highest BCUT2D eigenvalue weighted by molar-refractivity contribution is 6.61. The predicted octanol–water partition coefficient (Wildman–Crippen LogP) is 0.646. The highest BCUT2D eigenvalue weighted by Gasteiger charge is 2.14. The third-order valence-electron chi connectivity index (χ3n) is 2.12. The largest absolute Gasteiger partial charge is 0.394 e. The van der Waals surface area contributed by atoms with E-state index >= 15 is 0 Å². The number of rotatable bonds is 6. The number of benzene rings is 1. The molecule has 0 fully saturated rings. The van der Waals surface area contributed by atoms with E-state index in [1.165, 1.54) is 5.19 Å². The summed E-state index contributed by atoms with van der Waals surface area (Å²) in [7, 11) is -1.66. The Balaban J connectivity index is 2.72. The monoisotopic (exact) mass is 225 g/mol. The molecule has 1 aromatic rings. The van der Waals surface area contributed by atoms with Crippen molar-refractivity contribution in [3.63, 3.8) is 0 Å². The van der Waals surface area contributed by atoms with Gasteiger partial charge in [0.1, 0.15) is 0 Å². The normalized spacial score (nSPS) is 10.9. The summed E-state index contributed by atoms with van der Waals surface area (Å²) in [6, 6.07) is 8.19. The van der Waals surface area contributed by atoms with Crippen LogP contribution in [0.5, 0.6) is 0 Å². The van der Waals surface area contributed by atoms with E-state index in [4.69, 9.17) is 14.6 Å². The Hall–Kier alpha value is -0.683. The minimum Gasteiger partial charge on any atom is -0.394 e. The fourth-order valence-electron chi connectivity index (χ4n) is 1.35. The maximum atomic E-state index is 5.63. The molecule has 0 saturated heterocycles. The average Bonchev–Trinajstić information content (AvgIpc) is 2.29. The van der Waals surface area contributed by atoms with Crippen LogP contribution in [-0.4, -0.2) is 22.5 Å². The van der Waals surface area contributed by atoms with Crippen LogP contribution in [0, 0.1) is 0 Å². The van der Waals surface area contributed by atoms with Gasteiger partial charge in [0.15, 0.2) is 0 Å². The van der Waals surface area contributed by atoms with Gasteiger partial charge in [-0.1, -0.05) is 24.3 Å². The van der Waals surface area contributed by atoms with Gasteiger partial charge in [-0.2, -0.15) is 0 Å². The number of nitrogens with two attached hydrogens (primary N) is 1.